The molecule has 0 radical (unpaired) electrons. The van der Waals surface area contributed by atoms with Gasteiger partial charge in [-0.1, -0.05) is 30.3 Å². The first-order valence-electron chi connectivity index (χ1n) is 10.1. The quantitative estimate of drug-likeness (QED) is 0.693. The van der Waals surface area contributed by atoms with E-state index in [2.05, 4.69) is 5.32 Å². The number of carbonyl (C=O) groups is 1. The highest BCUT2D eigenvalue weighted by Gasteiger charge is 2.31. The first kappa shape index (κ1) is 22.2. The number of piperidine rings is 1. The number of rotatable bonds is 8. The fraction of sp³-hybridized carbons (Fsp3) is 0.409. The van der Waals surface area contributed by atoms with Crippen molar-refractivity contribution in [3.05, 3.63) is 65.5 Å². The molecule has 1 N–H and O–H groups in total. The van der Waals surface area contributed by atoms with Crippen molar-refractivity contribution in [3.8, 4) is 5.75 Å². The Balaban J connectivity index is 1.48. The Morgan fingerprint density at radius 1 is 1.13 bits per heavy atom. The number of benzene rings is 2. The number of amides is 1. The Morgan fingerprint density at radius 2 is 1.80 bits per heavy atom. The molecule has 1 aliphatic rings. The molecule has 2 aromatic rings. The maximum atomic E-state index is 13.8. The third kappa shape index (κ3) is 5.79. The van der Waals surface area contributed by atoms with Gasteiger partial charge in [-0.05, 0) is 43.5 Å². The number of sulfonamides is 1. The van der Waals surface area contributed by atoms with Gasteiger partial charge in [0.25, 0.3) is 0 Å². The second kappa shape index (κ2) is 10.0. The highest BCUT2D eigenvalue weighted by atomic mass is 32.2. The van der Waals surface area contributed by atoms with Crippen LogP contribution in [0.2, 0.25) is 0 Å². The molecule has 6 nitrogen and oxygen atoms in total. The zero-order chi connectivity index (χ0) is 21.6. The van der Waals surface area contributed by atoms with E-state index in [0.717, 1.165) is 11.3 Å². The van der Waals surface area contributed by atoms with Crippen LogP contribution in [-0.2, 0) is 27.1 Å². The molecule has 1 saturated heterocycles. The molecule has 2 aromatic carbocycles. The van der Waals surface area contributed by atoms with Gasteiger partial charge in [0.2, 0.25) is 15.9 Å². The van der Waals surface area contributed by atoms with Crippen molar-refractivity contribution in [2.45, 2.75) is 32.1 Å². The van der Waals surface area contributed by atoms with Crippen LogP contribution in [-0.4, -0.2) is 38.3 Å². The molecule has 0 bridgehead atoms. The van der Waals surface area contributed by atoms with Gasteiger partial charge in [0.05, 0.1) is 12.4 Å². The summed E-state index contributed by atoms with van der Waals surface area (Å²) in [5.74, 6) is -0.405. The lowest BCUT2D eigenvalue weighted by Gasteiger charge is -2.30. The molecule has 0 spiro atoms. The van der Waals surface area contributed by atoms with Crippen LogP contribution < -0.4 is 10.1 Å². The Kier molecular flexibility index (Phi) is 7.44. The topological polar surface area (TPSA) is 75.7 Å². The molecule has 3 rings (SSSR count). The molecule has 0 aromatic heterocycles. The van der Waals surface area contributed by atoms with Crippen LogP contribution in [0.4, 0.5) is 4.39 Å². The van der Waals surface area contributed by atoms with Crippen LogP contribution in [0.25, 0.3) is 0 Å². The van der Waals surface area contributed by atoms with Gasteiger partial charge in [0.15, 0.2) is 0 Å². The molecule has 0 saturated carbocycles. The summed E-state index contributed by atoms with van der Waals surface area (Å²) < 4.78 is 45.8. The zero-order valence-corrected chi connectivity index (χ0v) is 17.8. The lowest BCUT2D eigenvalue weighted by atomic mass is 9.97. The molecule has 8 heteroatoms. The van der Waals surface area contributed by atoms with Crippen LogP contribution in [0.1, 0.15) is 30.9 Å². The molecule has 162 valence electrons. The minimum absolute atomic E-state index is 0.0740. The minimum Gasteiger partial charge on any atom is -0.494 e. The van der Waals surface area contributed by atoms with Crippen LogP contribution in [0, 0.1) is 11.7 Å². The zero-order valence-electron chi connectivity index (χ0n) is 17.0. The van der Waals surface area contributed by atoms with Crippen molar-refractivity contribution >= 4 is 15.9 Å². The van der Waals surface area contributed by atoms with Crippen molar-refractivity contribution in [2.75, 3.05) is 19.7 Å². The van der Waals surface area contributed by atoms with Crippen molar-refractivity contribution in [3.63, 3.8) is 0 Å². The summed E-state index contributed by atoms with van der Waals surface area (Å²) in [7, 11) is -3.62. The maximum Gasteiger partial charge on any atom is 0.223 e. The monoisotopic (exact) mass is 434 g/mol. The summed E-state index contributed by atoms with van der Waals surface area (Å²) in [4.78, 5) is 12.5. The molecule has 1 aliphatic heterocycles. The Hall–Kier alpha value is -2.45. The standard InChI is InChI=1S/C22H27FN2O4S/c1-2-29-20-9-7-17(8-10-20)15-24-22(26)18-11-13-25(14-12-18)30(27,28)16-19-5-3-4-6-21(19)23/h3-10,18H,2,11-16H2,1H3,(H,24,26). The summed E-state index contributed by atoms with van der Waals surface area (Å²) in [6.07, 6.45) is 0.900. The summed E-state index contributed by atoms with van der Waals surface area (Å²) in [5, 5.41) is 2.92. The fourth-order valence-corrected chi connectivity index (χ4v) is 5.08. The number of nitrogens with one attached hydrogen (secondary N) is 1. The summed E-state index contributed by atoms with van der Waals surface area (Å²) in [6, 6.07) is 13.4. The predicted octanol–water partition coefficient (Wildman–Crippen LogP) is 3.08. The molecule has 0 atom stereocenters. The van der Waals surface area contributed by atoms with E-state index in [0.29, 0.717) is 26.0 Å². The number of nitrogens with zero attached hydrogens (tertiary/aromatic N) is 1. The summed E-state index contributed by atoms with van der Waals surface area (Å²) in [6.45, 7) is 3.46. The smallest absolute Gasteiger partial charge is 0.223 e. The van der Waals surface area contributed by atoms with E-state index in [1.807, 2.05) is 31.2 Å². The van der Waals surface area contributed by atoms with E-state index in [1.165, 1.54) is 22.5 Å². The molecular weight excluding hydrogens is 407 g/mol. The van der Waals surface area contributed by atoms with Crippen molar-refractivity contribution in [1.82, 2.24) is 9.62 Å². The summed E-state index contributed by atoms with van der Waals surface area (Å²) in [5.41, 5.74) is 1.13. The van der Waals surface area contributed by atoms with E-state index in [9.17, 15) is 17.6 Å². The Labute approximate surface area is 177 Å². The van der Waals surface area contributed by atoms with Gasteiger partial charge in [0.1, 0.15) is 11.6 Å². The van der Waals surface area contributed by atoms with Crippen LogP contribution in [0.3, 0.4) is 0 Å². The van der Waals surface area contributed by atoms with Gasteiger partial charge in [-0.25, -0.2) is 17.1 Å². The van der Waals surface area contributed by atoms with Crippen molar-refractivity contribution in [1.29, 1.82) is 0 Å². The Bertz CT molecular complexity index is 955. The number of carbonyl (C=O) groups excluding carboxylic acids is 1. The lowest BCUT2D eigenvalue weighted by Crippen LogP contribution is -2.43. The SMILES string of the molecule is CCOc1ccc(CNC(=O)C2CCN(S(=O)(=O)Cc3ccccc3F)CC2)cc1. The molecule has 0 aliphatic carbocycles. The molecule has 1 heterocycles. The Morgan fingerprint density at radius 3 is 2.43 bits per heavy atom. The van der Waals surface area contributed by atoms with Crippen LogP contribution >= 0.6 is 0 Å². The number of hydrogen-bond acceptors (Lipinski definition) is 4. The first-order valence-corrected chi connectivity index (χ1v) is 11.7. The molecule has 30 heavy (non-hydrogen) atoms. The highest BCUT2D eigenvalue weighted by molar-refractivity contribution is 7.88. The van der Waals surface area contributed by atoms with Gasteiger partial charge >= 0.3 is 0 Å². The lowest BCUT2D eigenvalue weighted by molar-refractivity contribution is -0.126. The third-order valence-electron chi connectivity index (χ3n) is 5.21. The highest BCUT2D eigenvalue weighted by Crippen LogP contribution is 2.23. The number of halogens is 1. The normalized spacial score (nSPS) is 15.7. The van der Waals surface area contributed by atoms with Gasteiger partial charge in [-0.15, -0.1) is 0 Å². The van der Waals surface area contributed by atoms with E-state index in [-0.39, 0.29) is 36.2 Å². The molecular formula is C22H27FN2O4S. The molecule has 1 fully saturated rings. The van der Waals surface area contributed by atoms with Gasteiger partial charge < -0.3 is 10.1 Å². The van der Waals surface area contributed by atoms with Gasteiger partial charge in [0, 0.05) is 31.1 Å². The van der Waals surface area contributed by atoms with E-state index >= 15 is 0 Å². The number of ether oxygens (including phenoxy) is 1. The van der Waals surface area contributed by atoms with Crippen molar-refractivity contribution in [2.24, 2.45) is 5.92 Å². The fourth-order valence-electron chi connectivity index (χ4n) is 3.50. The first-order chi connectivity index (χ1) is 14.4. The van der Waals surface area contributed by atoms with Gasteiger partial charge in [-0.2, -0.15) is 0 Å². The predicted molar refractivity (Wildman–Crippen MR) is 113 cm³/mol. The van der Waals surface area contributed by atoms with E-state index in [4.69, 9.17) is 4.74 Å². The maximum absolute atomic E-state index is 13.8. The second-order valence-electron chi connectivity index (χ2n) is 7.32. The van der Waals surface area contributed by atoms with E-state index in [1.54, 1.807) is 6.07 Å². The number of hydrogen-bond donors (Lipinski definition) is 1. The third-order valence-corrected chi connectivity index (χ3v) is 7.04. The largest absolute Gasteiger partial charge is 0.494 e. The van der Waals surface area contributed by atoms with Crippen LogP contribution in [0.5, 0.6) is 5.75 Å². The molecule has 1 amide bonds. The average Bonchev–Trinajstić information content (AvgIpc) is 2.75. The molecule has 0 unspecified atom stereocenters. The van der Waals surface area contributed by atoms with E-state index < -0.39 is 15.8 Å². The summed E-state index contributed by atoms with van der Waals surface area (Å²) >= 11 is 0. The van der Waals surface area contributed by atoms with Gasteiger partial charge in [-0.3, -0.25) is 4.79 Å². The minimum atomic E-state index is -3.62. The van der Waals surface area contributed by atoms with Crippen molar-refractivity contribution < 1.29 is 22.3 Å². The second-order valence-corrected chi connectivity index (χ2v) is 9.28. The average molecular weight is 435 g/mol. The van der Waals surface area contributed by atoms with Crippen LogP contribution in [0.15, 0.2) is 48.5 Å².